The molecular weight excluding hydrogens is 346 g/mol. The minimum absolute atomic E-state index is 0.729. The fourth-order valence-corrected chi connectivity index (χ4v) is 3.45. The van der Waals surface area contributed by atoms with Crippen LogP contribution >= 0.6 is 0 Å². The average Bonchev–Trinajstić information content (AvgIpc) is 3.13. The van der Waals surface area contributed by atoms with Crippen LogP contribution in [0, 0.1) is 0 Å². The Hall–Kier alpha value is -3.11. The SMILES string of the molecule is CCc1ccc(-c2nc3ccccn3c2CNCc2cccc(OC)c2)cc1. The van der Waals surface area contributed by atoms with Crippen molar-refractivity contribution in [3.63, 3.8) is 0 Å². The van der Waals surface area contributed by atoms with E-state index >= 15 is 0 Å². The molecule has 4 nitrogen and oxygen atoms in total. The van der Waals surface area contributed by atoms with E-state index in [1.807, 2.05) is 24.3 Å². The molecule has 4 rings (SSSR count). The summed E-state index contributed by atoms with van der Waals surface area (Å²) in [7, 11) is 1.70. The number of fused-ring (bicyclic) bond motifs is 1. The summed E-state index contributed by atoms with van der Waals surface area (Å²) < 4.78 is 7.49. The Kier molecular flexibility index (Phi) is 5.40. The highest BCUT2D eigenvalue weighted by Gasteiger charge is 2.13. The van der Waals surface area contributed by atoms with Crippen LogP contribution in [-0.2, 0) is 19.5 Å². The summed E-state index contributed by atoms with van der Waals surface area (Å²) >= 11 is 0. The predicted molar refractivity (Wildman–Crippen MR) is 114 cm³/mol. The van der Waals surface area contributed by atoms with Gasteiger partial charge in [-0.2, -0.15) is 0 Å². The van der Waals surface area contributed by atoms with Crippen LogP contribution in [0.1, 0.15) is 23.7 Å². The van der Waals surface area contributed by atoms with Gasteiger partial charge in [-0.05, 0) is 41.8 Å². The zero-order valence-electron chi connectivity index (χ0n) is 16.4. The quantitative estimate of drug-likeness (QED) is 0.504. The number of hydrogen-bond acceptors (Lipinski definition) is 3. The molecule has 0 aliphatic heterocycles. The van der Waals surface area contributed by atoms with Crippen molar-refractivity contribution in [3.8, 4) is 17.0 Å². The molecule has 4 aromatic rings. The highest BCUT2D eigenvalue weighted by molar-refractivity contribution is 5.66. The minimum atomic E-state index is 0.729. The van der Waals surface area contributed by atoms with E-state index in [0.717, 1.165) is 42.2 Å². The Balaban J connectivity index is 1.61. The van der Waals surface area contributed by atoms with E-state index in [1.54, 1.807) is 7.11 Å². The fraction of sp³-hybridized carbons (Fsp3) is 0.208. The maximum Gasteiger partial charge on any atom is 0.137 e. The summed E-state index contributed by atoms with van der Waals surface area (Å²) in [5.74, 6) is 0.880. The van der Waals surface area contributed by atoms with Gasteiger partial charge in [-0.25, -0.2) is 4.98 Å². The molecule has 2 heterocycles. The Morgan fingerprint density at radius 1 is 0.929 bits per heavy atom. The number of ether oxygens (including phenoxy) is 1. The minimum Gasteiger partial charge on any atom is -0.497 e. The van der Waals surface area contributed by atoms with Crippen LogP contribution in [-0.4, -0.2) is 16.5 Å². The van der Waals surface area contributed by atoms with Crippen molar-refractivity contribution in [2.75, 3.05) is 7.11 Å². The van der Waals surface area contributed by atoms with Crippen LogP contribution in [0.15, 0.2) is 72.9 Å². The fourth-order valence-electron chi connectivity index (χ4n) is 3.45. The Morgan fingerprint density at radius 3 is 2.57 bits per heavy atom. The first-order valence-electron chi connectivity index (χ1n) is 9.67. The van der Waals surface area contributed by atoms with Crippen molar-refractivity contribution in [2.45, 2.75) is 26.4 Å². The zero-order chi connectivity index (χ0) is 19.3. The van der Waals surface area contributed by atoms with Gasteiger partial charge in [0.15, 0.2) is 0 Å². The third-order valence-corrected chi connectivity index (χ3v) is 5.02. The molecule has 0 radical (unpaired) electrons. The molecule has 0 atom stereocenters. The molecule has 0 saturated carbocycles. The highest BCUT2D eigenvalue weighted by atomic mass is 16.5. The molecule has 0 unspecified atom stereocenters. The molecule has 28 heavy (non-hydrogen) atoms. The van der Waals surface area contributed by atoms with E-state index in [0.29, 0.717) is 0 Å². The molecule has 1 N–H and O–H groups in total. The third-order valence-electron chi connectivity index (χ3n) is 5.02. The summed E-state index contributed by atoms with van der Waals surface area (Å²) in [5, 5.41) is 3.56. The topological polar surface area (TPSA) is 38.6 Å². The lowest BCUT2D eigenvalue weighted by Crippen LogP contribution is -2.14. The van der Waals surface area contributed by atoms with Crippen LogP contribution in [0.25, 0.3) is 16.9 Å². The predicted octanol–water partition coefficient (Wildman–Crippen LogP) is 4.86. The summed E-state index contributed by atoms with van der Waals surface area (Å²) in [6.45, 7) is 3.67. The number of hydrogen-bond donors (Lipinski definition) is 1. The largest absolute Gasteiger partial charge is 0.497 e. The van der Waals surface area contributed by atoms with Gasteiger partial charge >= 0.3 is 0 Å². The second kappa shape index (κ2) is 8.28. The first-order valence-corrected chi connectivity index (χ1v) is 9.67. The first-order chi connectivity index (χ1) is 13.8. The second-order valence-electron chi connectivity index (χ2n) is 6.84. The van der Waals surface area contributed by atoms with Crippen LogP contribution in [0.3, 0.4) is 0 Å². The van der Waals surface area contributed by atoms with Crippen molar-refractivity contribution in [2.24, 2.45) is 0 Å². The van der Waals surface area contributed by atoms with Crippen molar-refractivity contribution < 1.29 is 4.74 Å². The standard InChI is InChI=1S/C24H25N3O/c1-3-18-10-12-20(13-11-18)24-22(27-14-5-4-9-23(27)26-24)17-25-16-19-7-6-8-21(15-19)28-2/h4-15,25H,3,16-17H2,1-2H3. The van der Waals surface area contributed by atoms with E-state index in [4.69, 9.17) is 9.72 Å². The van der Waals surface area contributed by atoms with Crippen molar-refractivity contribution in [3.05, 3.63) is 89.7 Å². The molecule has 142 valence electrons. The van der Waals surface area contributed by atoms with Gasteiger partial charge < -0.3 is 14.5 Å². The molecule has 0 bridgehead atoms. The summed E-state index contributed by atoms with van der Waals surface area (Å²) in [4.78, 5) is 4.89. The van der Waals surface area contributed by atoms with Crippen LogP contribution in [0.2, 0.25) is 0 Å². The van der Waals surface area contributed by atoms with Gasteiger partial charge in [0.2, 0.25) is 0 Å². The molecule has 0 fully saturated rings. The Morgan fingerprint density at radius 2 is 1.79 bits per heavy atom. The lowest BCUT2D eigenvalue weighted by molar-refractivity contribution is 0.414. The first kappa shape index (κ1) is 18.3. The lowest BCUT2D eigenvalue weighted by atomic mass is 10.1. The summed E-state index contributed by atoms with van der Waals surface area (Å²) in [6, 6.07) is 23.0. The van der Waals surface area contributed by atoms with Gasteiger partial charge in [0.25, 0.3) is 0 Å². The number of nitrogens with one attached hydrogen (secondary N) is 1. The molecule has 0 saturated heterocycles. The Labute approximate surface area is 165 Å². The molecule has 2 aromatic carbocycles. The van der Waals surface area contributed by atoms with E-state index in [2.05, 4.69) is 65.3 Å². The number of benzene rings is 2. The lowest BCUT2D eigenvalue weighted by Gasteiger charge is -2.09. The number of nitrogens with zero attached hydrogens (tertiary/aromatic N) is 2. The third kappa shape index (κ3) is 3.78. The van der Waals surface area contributed by atoms with Gasteiger partial charge in [0.1, 0.15) is 11.4 Å². The number of pyridine rings is 1. The molecule has 0 aliphatic rings. The smallest absolute Gasteiger partial charge is 0.137 e. The number of aromatic nitrogens is 2. The molecule has 2 aromatic heterocycles. The van der Waals surface area contributed by atoms with E-state index < -0.39 is 0 Å². The van der Waals surface area contributed by atoms with Gasteiger partial charge in [-0.1, -0.05) is 49.4 Å². The second-order valence-corrected chi connectivity index (χ2v) is 6.84. The Bertz CT molecular complexity index is 1070. The van der Waals surface area contributed by atoms with Gasteiger partial charge in [-0.3, -0.25) is 0 Å². The zero-order valence-corrected chi connectivity index (χ0v) is 16.4. The van der Waals surface area contributed by atoms with Crippen LogP contribution in [0.5, 0.6) is 5.75 Å². The van der Waals surface area contributed by atoms with E-state index in [9.17, 15) is 0 Å². The maximum atomic E-state index is 5.32. The van der Waals surface area contributed by atoms with Crippen molar-refractivity contribution in [1.29, 1.82) is 0 Å². The van der Waals surface area contributed by atoms with E-state index in [1.165, 1.54) is 16.8 Å². The molecule has 0 spiro atoms. The molecule has 0 amide bonds. The monoisotopic (exact) mass is 371 g/mol. The maximum absolute atomic E-state index is 5.32. The summed E-state index contributed by atoms with van der Waals surface area (Å²) in [5.41, 5.74) is 6.86. The average molecular weight is 371 g/mol. The van der Waals surface area contributed by atoms with Gasteiger partial charge in [0.05, 0.1) is 18.5 Å². The normalized spacial score (nSPS) is 11.1. The van der Waals surface area contributed by atoms with Crippen LogP contribution in [0.4, 0.5) is 0 Å². The number of methoxy groups -OCH3 is 1. The number of imidazole rings is 1. The van der Waals surface area contributed by atoms with Gasteiger partial charge in [0, 0.05) is 24.8 Å². The molecule has 0 aliphatic carbocycles. The number of rotatable bonds is 7. The summed E-state index contributed by atoms with van der Waals surface area (Å²) in [6.07, 6.45) is 3.12. The van der Waals surface area contributed by atoms with Crippen molar-refractivity contribution >= 4 is 5.65 Å². The highest BCUT2D eigenvalue weighted by Crippen LogP contribution is 2.25. The molecular formula is C24H25N3O. The molecule has 4 heteroatoms. The van der Waals surface area contributed by atoms with E-state index in [-0.39, 0.29) is 0 Å². The van der Waals surface area contributed by atoms with Crippen LogP contribution < -0.4 is 10.1 Å². The number of aryl methyl sites for hydroxylation is 1. The van der Waals surface area contributed by atoms with Crippen molar-refractivity contribution in [1.82, 2.24) is 14.7 Å². The van der Waals surface area contributed by atoms with Gasteiger partial charge in [-0.15, -0.1) is 0 Å².